The summed E-state index contributed by atoms with van der Waals surface area (Å²) in [5.74, 6) is 1.57. The Morgan fingerprint density at radius 1 is 1.44 bits per heavy atom. The van der Waals surface area contributed by atoms with Gasteiger partial charge in [-0.1, -0.05) is 6.42 Å². The van der Waals surface area contributed by atoms with Gasteiger partial charge in [-0.25, -0.2) is 0 Å². The zero-order valence-corrected chi connectivity index (χ0v) is 10.9. The van der Waals surface area contributed by atoms with Crippen molar-refractivity contribution < 1.29 is 0 Å². The van der Waals surface area contributed by atoms with E-state index in [0.29, 0.717) is 0 Å². The van der Waals surface area contributed by atoms with Gasteiger partial charge in [-0.3, -0.25) is 0 Å². The van der Waals surface area contributed by atoms with Gasteiger partial charge in [-0.15, -0.1) is 11.3 Å². The van der Waals surface area contributed by atoms with Crippen molar-refractivity contribution in [2.75, 3.05) is 13.1 Å². The van der Waals surface area contributed by atoms with Gasteiger partial charge in [0.25, 0.3) is 0 Å². The molecule has 3 heteroatoms. The SMILES string of the molecule is Cc1ccsc1CNCC1CCCC1CN. The van der Waals surface area contributed by atoms with Crippen LogP contribution in [-0.4, -0.2) is 13.1 Å². The van der Waals surface area contributed by atoms with E-state index < -0.39 is 0 Å². The predicted molar refractivity (Wildman–Crippen MR) is 70.6 cm³/mol. The number of rotatable bonds is 5. The lowest BCUT2D eigenvalue weighted by Gasteiger charge is -2.18. The van der Waals surface area contributed by atoms with Crippen LogP contribution in [0.15, 0.2) is 11.4 Å². The summed E-state index contributed by atoms with van der Waals surface area (Å²) in [7, 11) is 0. The second-order valence-corrected chi connectivity index (χ2v) is 5.85. The van der Waals surface area contributed by atoms with Gasteiger partial charge in [0.05, 0.1) is 0 Å². The van der Waals surface area contributed by atoms with Crippen molar-refractivity contribution in [1.82, 2.24) is 5.32 Å². The maximum Gasteiger partial charge on any atom is 0.0302 e. The lowest BCUT2D eigenvalue weighted by atomic mass is 9.96. The summed E-state index contributed by atoms with van der Waals surface area (Å²) >= 11 is 1.85. The van der Waals surface area contributed by atoms with E-state index in [1.165, 1.54) is 29.7 Å². The van der Waals surface area contributed by atoms with Crippen LogP contribution in [0.4, 0.5) is 0 Å². The fourth-order valence-corrected chi connectivity index (χ4v) is 3.52. The first kappa shape index (κ1) is 12.1. The lowest BCUT2D eigenvalue weighted by Crippen LogP contribution is -2.28. The van der Waals surface area contributed by atoms with Gasteiger partial charge in [0.2, 0.25) is 0 Å². The van der Waals surface area contributed by atoms with Crippen molar-refractivity contribution >= 4 is 11.3 Å². The molecule has 1 fully saturated rings. The molecular formula is C13H22N2S. The third-order valence-corrected chi connectivity index (χ3v) is 4.80. The van der Waals surface area contributed by atoms with E-state index in [-0.39, 0.29) is 0 Å². The molecular weight excluding hydrogens is 216 g/mol. The molecule has 0 bridgehead atoms. The van der Waals surface area contributed by atoms with Crippen LogP contribution in [0.25, 0.3) is 0 Å². The van der Waals surface area contributed by atoms with E-state index in [4.69, 9.17) is 5.73 Å². The Kier molecular flexibility index (Phi) is 4.38. The quantitative estimate of drug-likeness (QED) is 0.827. The second kappa shape index (κ2) is 5.80. The standard InChI is InChI=1S/C13H22N2S/c1-10-5-6-16-13(10)9-15-8-12-4-2-3-11(12)7-14/h5-6,11-12,15H,2-4,7-9,14H2,1H3. The molecule has 2 atom stereocenters. The molecule has 0 spiro atoms. The minimum absolute atomic E-state index is 0.761. The third kappa shape index (κ3) is 2.84. The molecule has 2 rings (SSSR count). The van der Waals surface area contributed by atoms with Gasteiger partial charge in [0.15, 0.2) is 0 Å². The number of nitrogens with one attached hydrogen (secondary N) is 1. The first-order chi connectivity index (χ1) is 7.81. The number of aryl methyl sites for hydroxylation is 1. The molecule has 0 aromatic carbocycles. The molecule has 1 saturated carbocycles. The Labute approximate surface area is 102 Å². The molecule has 90 valence electrons. The third-order valence-electron chi connectivity index (χ3n) is 3.78. The van der Waals surface area contributed by atoms with E-state index >= 15 is 0 Å². The van der Waals surface area contributed by atoms with Crippen LogP contribution in [0.2, 0.25) is 0 Å². The molecule has 2 nitrogen and oxygen atoms in total. The first-order valence-corrected chi connectivity index (χ1v) is 7.13. The van der Waals surface area contributed by atoms with E-state index in [0.717, 1.165) is 31.5 Å². The Hall–Kier alpha value is -0.380. The molecule has 0 saturated heterocycles. The van der Waals surface area contributed by atoms with Gasteiger partial charge < -0.3 is 11.1 Å². The van der Waals surface area contributed by atoms with Crippen LogP contribution >= 0.6 is 11.3 Å². The monoisotopic (exact) mass is 238 g/mol. The summed E-state index contributed by atoms with van der Waals surface area (Å²) in [5.41, 5.74) is 7.20. The van der Waals surface area contributed by atoms with Crippen molar-refractivity contribution in [1.29, 1.82) is 0 Å². The maximum absolute atomic E-state index is 5.79. The van der Waals surface area contributed by atoms with E-state index in [1.807, 2.05) is 11.3 Å². The van der Waals surface area contributed by atoms with Gasteiger partial charge in [0.1, 0.15) is 0 Å². The van der Waals surface area contributed by atoms with Crippen LogP contribution in [-0.2, 0) is 6.54 Å². The van der Waals surface area contributed by atoms with Crippen molar-refractivity contribution in [2.24, 2.45) is 17.6 Å². The van der Waals surface area contributed by atoms with Crippen LogP contribution in [0.3, 0.4) is 0 Å². The lowest BCUT2D eigenvalue weighted by molar-refractivity contribution is 0.374. The molecule has 0 radical (unpaired) electrons. The van der Waals surface area contributed by atoms with E-state index in [9.17, 15) is 0 Å². The fraction of sp³-hybridized carbons (Fsp3) is 0.692. The summed E-state index contributed by atoms with van der Waals surface area (Å²) in [6.07, 6.45) is 4.06. The molecule has 16 heavy (non-hydrogen) atoms. The Morgan fingerprint density at radius 3 is 2.94 bits per heavy atom. The average molecular weight is 238 g/mol. The minimum atomic E-state index is 0.761. The normalized spacial score (nSPS) is 25.1. The molecule has 3 N–H and O–H groups in total. The zero-order chi connectivity index (χ0) is 11.4. The maximum atomic E-state index is 5.79. The minimum Gasteiger partial charge on any atom is -0.330 e. The largest absolute Gasteiger partial charge is 0.330 e. The van der Waals surface area contributed by atoms with Gasteiger partial charge in [-0.2, -0.15) is 0 Å². The number of thiophene rings is 1. The van der Waals surface area contributed by atoms with Crippen molar-refractivity contribution in [3.63, 3.8) is 0 Å². The summed E-state index contributed by atoms with van der Waals surface area (Å²) in [6.45, 7) is 5.21. The summed E-state index contributed by atoms with van der Waals surface area (Å²) < 4.78 is 0. The molecule has 1 aromatic rings. The van der Waals surface area contributed by atoms with Crippen LogP contribution in [0.1, 0.15) is 29.7 Å². The fourth-order valence-electron chi connectivity index (χ4n) is 2.65. The average Bonchev–Trinajstić information content (AvgIpc) is 2.88. The smallest absolute Gasteiger partial charge is 0.0302 e. The molecule has 1 aliphatic carbocycles. The van der Waals surface area contributed by atoms with Gasteiger partial charge in [0, 0.05) is 11.4 Å². The molecule has 1 aliphatic rings. The summed E-state index contributed by atoms with van der Waals surface area (Å²) in [6, 6.07) is 2.19. The Morgan fingerprint density at radius 2 is 2.25 bits per heavy atom. The highest BCUT2D eigenvalue weighted by atomic mass is 32.1. The number of hydrogen-bond donors (Lipinski definition) is 2. The van der Waals surface area contributed by atoms with Crippen LogP contribution < -0.4 is 11.1 Å². The molecule has 0 aliphatic heterocycles. The molecule has 1 heterocycles. The van der Waals surface area contributed by atoms with Crippen molar-refractivity contribution in [3.8, 4) is 0 Å². The van der Waals surface area contributed by atoms with Gasteiger partial charge in [-0.05, 0) is 61.7 Å². The summed E-state index contributed by atoms with van der Waals surface area (Å²) in [4.78, 5) is 1.47. The molecule has 2 unspecified atom stereocenters. The highest BCUT2D eigenvalue weighted by Gasteiger charge is 2.25. The van der Waals surface area contributed by atoms with E-state index in [2.05, 4.69) is 23.7 Å². The number of nitrogens with two attached hydrogens (primary N) is 1. The molecule has 1 aromatic heterocycles. The first-order valence-electron chi connectivity index (χ1n) is 6.25. The number of hydrogen-bond acceptors (Lipinski definition) is 3. The van der Waals surface area contributed by atoms with Crippen LogP contribution in [0.5, 0.6) is 0 Å². The van der Waals surface area contributed by atoms with Crippen molar-refractivity contribution in [2.45, 2.75) is 32.7 Å². The van der Waals surface area contributed by atoms with Crippen molar-refractivity contribution in [3.05, 3.63) is 21.9 Å². The molecule has 0 amide bonds. The second-order valence-electron chi connectivity index (χ2n) is 4.84. The Balaban J connectivity index is 1.74. The van der Waals surface area contributed by atoms with E-state index in [1.54, 1.807) is 0 Å². The zero-order valence-electron chi connectivity index (χ0n) is 10.0. The highest BCUT2D eigenvalue weighted by molar-refractivity contribution is 7.10. The van der Waals surface area contributed by atoms with Crippen LogP contribution in [0, 0.1) is 18.8 Å². The van der Waals surface area contributed by atoms with Gasteiger partial charge >= 0.3 is 0 Å². The highest BCUT2D eigenvalue weighted by Crippen LogP contribution is 2.30. The Bertz CT molecular complexity index is 321. The topological polar surface area (TPSA) is 38.0 Å². The summed E-state index contributed by atoms with van der Waals surface area (Å²) in [5, 5.41) is 5.76. The predicted octanol–water partition coefficient (Wildman–Crippen LogP) is 2.52.